The first kappa shape index (κ1) is 13.2. The van der Waals surface area contributed by atoms with Crippen LogP contribution in [0.5, 0.6) is 0 Å². The second-order valence-electron chi connectivity index (χ2n) is 4.14. The zero-order chi connectivity index (χ0) is 13.0. The summed E-state index contributed by atoms with van der Waals surface area (Å²) in [7, 11) is 0. The van der Waals surface area contributed by atoms with E-state index >= 15 is 0 Å². The van der Waals surface area contributed by atoms with Gasteiger partial charge in [0.05, 0.1) is 12.7 Å². The topological polar surface area (TPSA) is 9.23 Å². The Hall–Kier alpha value is -1.19. The Balaban J connectivity index is 1.99. The normalized spacial score (nSPS) is 12.4. The first-order chi connectivity index (χ1) is 8.65. The number of hydrogen-bond acceptors (Lipinski definition) is 1. The molecule has 0 fully saturated rings. The van der Waals surface area contributed by atoms with E-state index in [1.165, 1.54) is 12.1 Å². The Bertz CT molecular complexity index is 493. The Morgan fingerprint density at radius 3 is 2.56 bits per heavy atom. The van der Waals surface area contributed by atoms with Crippen LogP contribution in [0.15, 0.2) is 53.0 Å². The van der Waals surface area contributed by atoms with Crippen molar-refractivity contribution in [3.05, 3.63) is 69.9 Å². The third-order valence-electron chi connectivity index (χ3n) is 2.69. The van der Waals surface area contributed by atoms with Crippen LogP contribution in [0.3, 0.4) is 0 Å². The molecule has 0 aliphatic carbocycles. The minimum Gasteiger partial charge on any atom is -0.369 e. The standard InChI is InChI=1S/C15H14BrFO/c1-11(13-5-3-2-4-6-13)18-10-12-7-14(16)9-15(17)8-12/h2-9,11H,10H2,1H3. The fourth-order valence-corrected chi connectivity index (χ4v) is 2.25. The summed E-state index contributed by atoms with van der Waals surface area (Å²) in [6.07, 6.45) is -0.00626. The quantitative estimate of drug-likeness (QED) is 0.783. The summed E-state index contributed by atoms with van der Waals surface area (Å²) in [5.41, 5.74) is 1.94. The highest BCUT2D eigenvalue weighted by atomic mass is 79.9. The van der Waals surface area contributed by atoms with Crippen LogP contribution in [0.4, 0.5) is 4.39 Å². The molecule has 0 saturated heterocycles. The monoisotopic (exact) mass is 308 g/mol. The van der Waals surface area contributed by atoms with Crippen molar-refractivity contribution >= 4 is 15.9 Å². The van der Waals surface area contributed by atoms with E-state index < -0.39 is 0 Å². The van der Waals surface area contributed by atoms with Crippen LogP contribution in [0.25, 0.3) is 0 Å². The number of benzene rings is 2. The summed E-state index contributed by atoms with van der Waals surface area (Å²) in [5, 5.41) is 0. The molecule has 0 aliphatic rings. The predicted octanol–water partition coefficient (Wildman–Crippen LogP) is 4.87. The van der Waals surface area contributed by atoms with Gasteiger partial charge >= 0.3 is 0 Å². The molecule has 2 aromatic rings. The minimum absolute atomic E-state index is 0.00626. The molecule has 0 heterocycles. The molecular formula is C15H14BrFO. The highest BCUT2D eigenvalue weighted by molar-refractivity contribution is 9.10. The van der Waals surface area contributed by atoms with Crippen molar-refractivity contribution in [2.45, 2.75) is 19.6 Å². The second-order valence-corrected chi connectivity index (χ2v) is 5.06. The van der Waals surface area contributed by atoms with E-state index in [1.807, 2.05) is 43.3 Å². The Morgan fingerprint density at radius 1 is 1.17 bits per heavy atom. The van der Waals surface area contributed by atoms with E-state index in [4.69, 9.17) is 4.74 Å². The van der Waals surface area contributed by atoms with Crippen molar-refractivity contribution in [3.8, 4) is 0 Å². The largest absolute Gasteiger partial charge is 0.369 e. The highest BCUT2D eigenvalue weighted by Crippen LogP contribution is 2.20. The van der Waals surface area contributed by atoms with Crippen LogP contribution in [0.2, 0.25) is 0 Å². The van der Waals surface area contributed by atoms with Gasteiger partial charge in [0.1, 0.15) is 5.82 Å². The average molecular weight is 309 g/mol. The third kappa shape index (κ3) is 3.65. The Labute approximate surface area is 115 Å². The molecule has 3 heteroatoms. The molecule has 18 heavy (non-hydrogen) atoms. The smallest absolute Gasteiger partial charge is 0.124 e. The molecule has 94 valence electrons. The van der Waals surface area contributed by atoms with Gasteiger partial charge < -0.3 is 4.74 Å². The lowest BCUT2D eigenvalue weighted by atomic mass is 10.1. The molecular weight excluding hydrogens is 295 g/mol. The van der Waals surface area contributed by atoms with Crippen molar-refractivity contribution in [1.29, 1.82) is 0 Å². The van der Waals surface area contributed by atoms with Crippen LogP contribution in [-0.4, -0.2) is 0 Å². The maximum atomic E-state index is 13.2. The van der Waals surface area contributed by atoms with E-state index in [9.17, 15) is 4.39 Å². The minimum atomic E-state index is -0.254. The van der Waals surface area contributed by atoms with Gasteiger partial charge in [-0.1, -0.05) is 46.3 Å². The van der Waals surface area contributed by atoms with Crippen LogP contribution >= 0.6 is 15.9 Å². The van der Waals surface area contributed by atoms with E-state index in [-0.39, 0.29) is 11.9 Å². The highest BCUT2D eigenvalue weighted by Gasteiger charge is 2.06. The van der Waals surface area contributed by atoms with Gasteiger partial charge in [0, 0.05) is 4.47 Å². The van der Waals surface area contributed by atoms with Crippen molar-refractivity contribution < 1.29 is 9.13 Å². The zero-order valence-electron chi connectivity index (χ0n) is 10.1. The van der Waals surface area contributed by atoms with Gasteiger partial charge in [-0.15, -0.1) is 0 Å². The van der Waals surface area contributed by atoms with Crippen LogP contribution in [0, 0.1) is 5.82 Å². The van der Waals surface area contributed by atoms with Crippen LogP contribution in [0.1, 0.15) is 24.2 Å². The number of rotatable bonds is 4. The average Bonchev–Trinajstić information content (AvgIpc) is 2.36. The van der Waals surface area contributed by atoms with Gasteiger partial charge in [-0.05, 0) is 36.2 Å². The lowest BCUT2D eigenvalue weighted by Crippen LogP contribution is -2.00. The summed E-state index contributed by atoms with van der Waals surface area (Å²) in [5.74, 6) is -0.254. The van der Waals surface area contributed by atoms with E-state index in [2.05, 4.69) is 15.9 Å². The van der Waals surface area contributed by atoms with Gasteiger partial charge in [-0.2, -0.15) is 0 Å². The van der Waals surface area contributed by atoms with Gasteiger partial charge in [-0.25, -0.2) is 4.39 Å². The molecule has 1 unspecified atom stereocenters. The van der Waals surface area contributed by atoms with Gasteiger partial charge in [0.2, 0.25) is 0 Å². The molecule has 1 nitrogen and oxygen atoms in total. The first-order valence-electron chi connectivity index (χ1n) is 5.76. The molecule has 2 aromatic carbocycles. The molecule has 0 N–H and O–H groups in total. The molecule has 1 atom stereocenters. The lowest BCUT2D eigenvalue weighted by molar-refractivity contribution is 0.0524. The van der Waals surface area contributed by atoms with Crippen molar-refractivity contribution in [2.24, 2.45) is 0 Å². The molecule has 0 aliphatic heterocycles. The van der Waals surface area contributed by atoms with Crippen LogP contribution < -0.4 is 0 Å². The van der Waals surface area contributed by atoms with Gasteiger partial charge in [0.25, 0.3) is 0 Å². The first-order valence-corrected chi connectivity index (χ1v) is 6.56. The third-order valence-corrected chi connectivity index (χ3v) is 3.15. The maximum absolute atomic E-state index is 13.2. The fourth-order valence-electron chi connectivity index (χ4n) is 1.74. The molecule has 2 rings (SSSR count). The SMILES string of the molecule is CC(OCc1cc(F)cc(Br)c1)c1ccccc1. The van der Waals surface area contributed by atoms with Crippen molar-refractivity contribution in [2.75, 3.05) is 0 Å². The summed E-state index contributed by atoms with van der Waals surface area (Å²) < 4.78 is 19.7. The van der Waals surface area contributed by atoms with Gasteiger partial charge in [-0.3, -0.25) is 0 Å². The number of halogens is 2. The summed E-state index contributed by atoms with van der Waals surface area (Å²) in [4.78, 5) is 0. The Morgan fingerprint density at radius 2 is 1.89 bits per heavy atom. The van der Waals surface area contributed by atoms with Crippen molar-refractivity contribution in [1.82, 2.24) is 0 Å². The van der Waals surface area contributed by atoms with Gasteiger partial charge in [0.15, 0.2) is 0 Å². The van der Waals surface area contributed by atoms with E-state index in [1.54, 1.807) is 0 Å². The molecule has 0 spiro atoms. The predicted molar refractivity (Wildman–Crippen MR) is 73.7 cm³/mol. The summed E-state index contributed by atoms with van der Waals surface area (Å²) in [6, 6.07) is 14.8. The lowest BCUT2D eigenvalue weighted by Gasteiger charge is -2.13. The second kappa shape index (κ2) is 6.12. The molecule has 0 saturated carbocycles. The summed E-state index contributed by atoms with van der Waals surface area (Å²) >= 11 is 3.27. The zero-order valence-corrected chi connectivity index (χ0v) is 11.7. The Kier molecular flexibility index (Phi) is 4.50. The van der Waals surface area contributed by atoms with E-state index in [0.29, 0.717) is 6.61 Å². The van der Waals surface area contributed by atoms with Crippen molar-refractivity contribution in [3.63, 3.8) is 0 Å². The molecule has 0 radical (unpaired) electrons. The molecule has 0 bridgehead atoms. The summed E-state index contributed by atoms with van der Waals surface area (Å²) in [6.45, 7) is 2.39. The van der Waals surface area contributed by atoms with Crippen LogP contribution in [-0.2, 0) is 11.3 Å². The maximum Gasteiger partial charge on any atom is 0.124 e. The molecule has 0 aromatic heterocycles. The number of ether oxygens (including phenoxy) is 1. The van der Waals surface area contributed by atoms with E-state index in [0.717, 1.165) is 15.6 Å². The molecule has 0 amide bonds. The number of hydrogen-bond donors (Lipinski definition) is 0. The fraction of sp³-hybridized carbons (Fsp3) is 0.200.